The number of hydrogen-bond acceptors (Lipinski definition) is 3. The molecule has 20 heavy (non-hydrogen) atoms. The SMILES string of the molecule is CCCC1CCCN(c2c(N)cc(N)c(Cl)c2F)CC1. The number of anilines is 3. The summed E-state index contributed by atoms with van der Waals surface area (Å²) < 4.78 is 14.4. The van der Waals surface area contributed by atoms with Crippen LogP contribution in [0.3, 0.4) is 0 Å². The highest BCUT2D eigenvalue weighted by Crippen LogP contribution is 2.37. The van der Waals surface area contributed by atoms with Crippen molar-refractivity contribution >= 4 is 28.7 Å². The molecule has 0 radical (unpaired) electrons. The average molecular weight is 300 g/mol. The summed E-state index contributed by atoms with van der Waals surface area (Å²) in [5.41, 5.74) is 12.6. The Bertz CT molecular complexity index is 479. The highest BCUT2D eigenvalue weighted by molar-refractivity contribution is 6.33. The first kappa shape index (κ1) is 15.2. The van der Waals surface area contributed by atoms with E-state index >= 15 is 0 Å². The zero-order chi connectivity index (χ0) is 14.7. The Morgan fingerprint density at radius 1 is 1.30 bits per heavy atom. The van der Waals surface area contributed by atoms with E-state index in [0.29, 0.717) is 11.4 Å². The molecule has 0 amide bonds. The number of nitrogens with zero attached hydrogens (tertiary/aromatic N) is 1. The molecular weight excluding hydrogens is 277 g/mol. The van der Waals surface area contributed by atoms with E-state index in [1.54, 1.807) is 6.07 Å². The van der Waals surface area contributed by atoms with Gasteiger partial charge in [0.25, 0.3) is 0 Å². The summed E-state index contributed by atoms with van der Waals surface area (Å²) in [4.78, 5) is 2.02. The summed E-state index contributed by atoms with van der Waals surface area (Å²) in [6, 6.07) is 1.55. The van der Waals surface area contributed by atoms with Gasteiger partial charge in [-0.25, -0.2) is 4.39 Å². The number of hydrogen-bond donors (Lipinski definition) is 2. The predicted octanol–water partition coefficient (Wildman–Crippen LogP) is 4.05. The van der Waals surface area contributed by atoms with Crippen LogP contribution in [0.5, 0.6) is 0 Å². The fourth-order valence-electron chi connectivity index (χ4n) is 3.06. The summed E-state index contributed by atoms with van der Waals surface area (Å²) in [6.45, 7) is 3.85. The van der Waals surface area contributed by atoms with Crippen molar-refractivity contribution in [2.24, 2.45) is 5.92 Å². The van der Waals surface area contributed by atoms with E-state index in [0.717, 1.165) is 31.8 Å². The molecule has 1 aromatic carbocycles. The zero-order valence-electron chi connectivity index (χ0n) is 12.0. The van der Waals surface area contributed by atoms with Gasteiger partial charge in [-0.1, -0.05) is 31.4 Å². The molecule has 1 heterocycles. The summed E-state index contributed by atoms with van der Waals surface area (Å²) in [5, 5.41) is -0.0245. The smallest absolute Gasteiger partial charge is 0.169 e. The van der Waals surface area contributed by atoms with Gasteiger partial charge in [0.15, 0.2) is 5.82 Å². The maximum absolute atomic E-state index is 14.4. The van der Waals surface area contributed by atoms with Gasteiger partial charge in [-0.05, 0) is 31.2 Å². The van der Waals surface area contributed by atoms with Gasteiger partial charge in [0.2, 0.25) is 0 Å². The largest absolute Gasteiger partial charge is 0.397 e. The Labute approximate surface area is 125 Å². The highest BCUT2D eigenvalue weighted by Gasteiger charge is 2.23. The van der Waals surface area contributed by atoms with Crippen LogP contribution < -0.4 is 16.4 Å². The minimum Gasteiger partial charge on any atom is -0.397 e. The van der Waals surface area contributed by atoms with Crippen LogP contribution in [0.1, 0.15) is 39.0 Å². The summed E-state index contributed by atoms with van der Waals surface area (Å²) >= 11 is 5.91. The van der Waals surface area contributed by atoms with Gasteiger partial charge in [0, 0.05) is 13.1 Å². The first-order valence-electron chi connectivity index (χ1n) is 7.32. The quantitative estimate of drug-likeness (QED) is 0.828. The van der Waals surface area contributed by atoms with E-state index in [-0.39, 0.29) is 10.7 Å². The van der Waals surface area contributed by atoms with Gasteiger partial charge >= 0.3 is 0 Å². The molecule has 1 aliphatic heterocycles. The molecule has 5 heteroatoms. The number of rotatable bonds is 3. The van der Waals surface area contributed by atoms with Crippen LogP contribution in [-0.2, 0) is 0 Å². The van der Waals surface area contributed by atoms with E-state index in [1.165, 1.54) is 19.3 Å². The number of nitrogen functional groups attached to an aromatic ring is 2. The van der Waals surface area contributed by atoms with Gasteiger partial charge in [-0.3, -0.25) is 0 Å². The minimum absolute atomic E-state index is 0.0245. The lowest BCUT2D eigenvalue weighted by Crippen LogP contribution is -2.26. The molecule has 0 saturated carbocycles. The zero-order valence-corrected chi connectivity index (χ0v) is 12.7. The normalized spacial score (nSPS) is 19.9. The Morgan fingerprint density at radius 3 is 2.75 bits per heavy atom. The molecule has 1 saturated heterocycles. The maximum atomic E-state index is 14.4. The molecule has 1 atom stereocenters. The van der Waals surface area contributed by atoms with Crippen LogP contribution in [0, 0.1) is 11.7 Å². The number of halogens is 2. The second-order valence-corrected chi connectivity index (χ2v) is 5.98. The van der Waals surface area contributed by atoms with Crippen molar-refractivity contribution in [3.63, 3.8) is 0 Å². The van der Waals surface area contributed by atoms with Gasteiger partial charge < -0.3 is 16.4 Å². The van der Waals surface area contributed by atoms with Crippen molar-refractivity contribution in [2.75, 3.05) is 29.5 Å². The molecule has 1 unspecified atom stereocenters. The van der Waals surface area contributed by atoms with Crippen LogP contribution in [0.15, 0.2) is 6.07 Å². The molecule has 0 aromatic heterocycles. The van der Waals surface area contributed by atoms with Crippen LogP contribution in [0.2, 0.25) is 5.02 Å². The molecule has 3 nitrogen and oxygen atoms in total. The summed E-state index contributed by atoms with van der Waals surface area (Å²) in [7, 11) is 0. The van der Waals surface area contributed by atoms with Crippen LogP contribution in [0.4, 0.5) is 21.5 Å². The van der Waals surface area contributed by atoms with Crippen molar-refractivity contribution in [3.05, 3.63) is 16.9 Å². The molecule has 112 valence electrons. The van der Waals surface area contributed by atoms with Crippen molar-refractivity contribution in [2.45, 2.75) is 39.0 Å². The maximum Gasteiger partial charge on any atom is 0.169 e. The molecule has 4 N–H and O–H groups in total. The molecule has 0 spiro atoms. The Hall–Kier alpha value is -1.16. The van der Waals surface area contributed by atoms with Crippen LogP contribution in [0.25, 0.3) is 0 Å². The van der Waals surface area contributed by atoms with E-state index in [9.17, 15) is 4.39 Å². The molecular formula is C15H23ClFN3. The Morgan fingerprint density at radius 2 is 2.05 bits per heavy atom. The van der Waals surface area contributed by atoms with E-state index < -0.39 is 5.82 Å². The van der Waals surface area contributed by atoms with Gasteiger partial charge in [-0.2, -0.15) is 0 Å². The lowest BCUT2D eigenvalue weighted by Gasteiger charge is -2.25. The molecule has 0 bridgehead atoms. The number of nitrogens with two attached hydrogens (primary N) is 2. The first-order chi connectivity index (χ1) is 9.54. The topological polar surface area (TPSA) is 55.3 Å². The lowest BCUT2D eigenvalue weighted by molar-refractivity contribution is 0.435. The molecule has 1 fully saturated rings. The van der Waals surface area contributed by atoms with Crippen LogP contribution in [-0.4, -0.2) is 13.1 Å². The lowest BCUT2D eigenvalue weighted by atomic mass is 9.96. The summed E-state index contributed by atoms with van der Waals surface area (Å²) in [5.74, 6) is 0.247. The minimum atomic E-state index is -0.488. The standard InChI is InChI=1S/C15H23ClFN3/c1-2-4-10-5-3-7-20(8-6-10)15-12(19)9-11(18)13(16)14(15)17/h9-10H,2-8,18-19H2,1H3. The molecule has 1 aromatic rings. The third-order valence-electron chi connectivity index (χ3n) is 4.10. The molecule has 0 aliphatic carbocycles. The fraction of sp³-hybridized carbons (Fsp3) is 0.600. The number of benzene rings is 1. The van der Waals surface area contributed by atoms with Crippen molar-refractivity contribution in [1.29, 1.82) is 0 Å². The van der Waals surface area contributed by atoms with Crippen molar-refractivity contribution < 1.29 is 4.39 Å². The summed E-state index contributed by atoms with van der Waals surface area (Å²) in [6.07, 6.45) is 5.79. The predicted molar refractivity (Wildman–Crippen MR) is 84.7 cm³/mol. The monoisotopic (exact) mass is 299 g/mol. The third-order valence-corrected chi connectivity index (χ3v) is 4.48. The fourth-order valence-corrected chi connectivity index (χ4v) is 3.21. The van der Waals surface area contributed by atoms with Crippen molar-refractivity contribution in [3.8, 4) is 0 Å². The van der Waals surface area contributed by atoms with E-state index in [1.807, 2.05) is 4.90 Å². The van der Waals surface area contributed by atoms with Gasteiger partial charge in [0.1, 0.15) is 5.02 Å². The Balaban J connectivity index is 2.22. The second-order valence-electron chi connectivity index (χ2n) is 5.60. The molecule has 1 aliphatic rings. The van der Waals surface area contributed by atoms with E-state index in [2.05, 4.69) is 6.92 Å². The third kappa shape index (κ3) is 3.11. The van der Waals surface area contributed by atoms with Crippen molar-refractivity contribution in [1.82, 2.24) is 0 Å². The van der Waals surface area contributed by atoms with E-state index in [4.69, 9.17) is 23.1 Å². The average Bonchev–Trinajstić information content (AvgIpc) is 2.63. The second kappa shape index (κ2) is 6.53. The Kier molecular flexibility index (Phi) is 4.97. The highest BCUT2D eigenvalue weighted by atomic mass is 35.5. The van der Waals surface area contributed by atoms with Gasteiger partial charge in [-0.15, -0.1) is 0 Å². The first-order valence-corrected chi connectivity index (χ1v) is 7.70. The molecule has 2 rings (SSSR count). The van der Waals surface area contributed by atoms with Gasteiger partial charge in [0.05, 0.1) is 17.1 Å². The van der Waals surface area contributed by atoms with Crippen LogP contribution >= 0.6 is 11.6 Å².